The first-order valence-corrected chi connectivity index (χ1v) is 6.60. The Hall–Kier alpha value is -2.06. The lowest BCUT2D eigenvalue weighted by molar-refractivity contribution is 0.767. The van der Waals surface area contributed by atoms with E-state index < -0.39 is 0 Å². The molecular formula is C17H18N2. The molecule has 0 spiro atoms. The Kier molecular flexibility index (Phi) is 3.10. The fourth-order valence-corrected chi connectivity index (χ4v) is 2.62. The van der Waals surface area contributed by atoms with Crippen molar-refractivity contribution in [2.75, 3.05) is 0 Å². The summed E-state index contributed by atoms with van der Waals surface area (Å²) in [6, 6.07) is 19.3. The SMILES string of the molecule is Cc1cccc(Cn2c(CN)cc3ccccc32)c1. The number of aryl methyl sites for hydroxylation is 1. The van der Waals surface area contributed by atoms with Gasteiger partial charge in [-0.15, -0.1) is 0 Å². The number of nitrogens with two attached hydrogens (primary N) is 1. The minimum atomic E-state index is 0.570. The van der Waals surface area contributed by atoms with Crippen LogP contribution in [0.2, 0.25) is 0 Å². The summed E-state index contributed by atoms with van der Waals surface area (Å²) in [5.74, 6) is 0. The lowest BCUT2D eigenvalue weighted by atomic mass is 10.1. The Morgan fingerprint density at radius 1 is 1.00 bits per heavy atom. The van der Waals surface area contributed by atoms with Gasteiger partial charge in [-0.2, -0.15) is 0 Å². The van der Waals surface area contributed by atoms with E-state index in [9.17, 15) is 0 Å². The second-order valence-electron chi connectivity index (χ2n) is 4.97. The van der Waals surface area contributed by atoms with Gasteiger partial charge in [-0.1, -0.05) is 48.0 Å². The fraction of sp³-hybridized carbons (Fsp3) is 0.176. The molecule has 0 unspecified atom stereocenters. The maximum Gasteiger partial charge on any atom is 0.0486 e. The Balaban J connectivity index is 2.08. The molecule has 3 rings (SSSR count). The van der Waals surface area contributed by atoms with Crippen LogP contribution in [-0.2, 0) is 13.1 Å². The first-order valence-electron chi connectivity index (χ1n) is 6.60. The van der Waals surface area contributed by atoms with Crippen LogP contribution in [0.4, 0.5) is 0 Å². The van der Waals surface area contributed by atoms with Crippen molar-refractivity contribution < 1.29 is 0 Å². The van der Waals surface area contributed by atoms with Crippen molar-refractivity contribution in [3.63, 3.8) is 0 Å². The van der Waals surface area contributed by atoms with Crippen molar-refractivity contribution in [1.29, 1.82) is 0 Å². The number of hydrogen-bond acceptors (Lipinski definition) is 1. The molecule has 0 fully saturated rings. The van der Waals surface area contributed by atoms with E-state index in [4.69, 9.17) is 5.73 Å². The quantitative estimate of drug-likeness (QED) is 0.758. The molecule has 0 aliphatic rings. The summed E-state index contributed by atoms with van der Waals surface area (Å²) in [5, 5.41) is 1.26. The first-order chi connectivity index (χ1) is 9.28. The predicted molar refractivity (Wildman–Crippen MR) is 80.1 cm³/mol. The molecule has 2 N–H and O–H groups in total. The van der Waals surface area contributed by atoms with Gasteiger partial charge in [-0.3, -0.25) is 0 Å². The average molecular weight is 250 g/mol. The molecule has 0 saturated heterocycles. The topological polar surface area (TPSA) is 30.9 Å². The number of aromatic nitrogens is 1. The normalized spacial score (nSPS) is 11.1. The van der Waals surface area contributed by atoms with Crippen LogP contribution in [0.25, 0.3) is 10.9 Å². The summed E-state index contributed by atoms with van der Waals surface area (Å²) >= 11 is 0. The largest absolute Gasteiger partial charge is 0.339 e. The highest BCUT2D eigenvalue weighted by Gasteiger charge is 2.07. The highest BCUT2D eigenvalue weighted by Crippen LogP contribution is 2.21. The summed E-state index contributed by atoms with van der Waals surface area (Å²) in [5.41, 5.74) is 10.9. The van der Waals surface area contributed by atoms with E-state index in [1.807, 2.05) is 0 Å². The van der Waals surface area contributed by atoms with Gasteiger partial charge >= 0.3 is 0 Å². The molecule has 0 saturated carbocycles. The molecule has 2 heteroatoms. The van der Waals surface area contributed by atoms with Crippen molar-refractivity contribution in [2.45, 2.75) is 20.0 Å². The Morgan fingerprint density at radius 2 is 1.84 bits per heavy atom. The van der Waals surface area contributed by atoms with Gasteiger partial charge in [0.05, 0.1) is 0 Å². The zero-order valence-electron chi connectivity index (χ0n) is 11.1. The standard InChI is InChI=1S/C17H18N2/c1-13-5-4-6-14(9-13)12-19-16(11-18)10-15-7-2-3-8-17(15)19/h2-10H,11-12,18H2,1H3. The zero-order chi connectivity index (χ0) is 13.2. The summed E-state index contributed by atoms with van der Waals surface area (Å²) in [7, 11) is 0. The third kappa shape index (κ3) is 2.27. The van der Waals surface area contributed by atoms with Crippen molar-refractivity contribution in [3.8, 4) is 0 Å². The molecule has 0 aliphatic carbocycles. The number of benzene rings is 2. The van der Waals surface area contributed by atoms with Gasteiger partial charge < -0.3 is 10.3 Å². The number of nitrogens with zero attached hydrogens (tertiary/aromatic N) is 1. The number of fused-ring (bicyclic) bond motifs is 1. The van der Waals surface area contributed by atoms with Crippen LogP contribution in [0.1, 0.15) is 16.8 Å². The van der Waals surface area contributed by atoms with Crippen molar-refractivity contribution in [1.82, 2.24) is 4.57 Å². The van der Waals surface area contributed by atoms with E-state index in [-0.39, 0.29) is 0 Å². The van der Waals surface area contributed by atoms with Crippen LogP contribution in [0.15, 0.2) is 54.6 Å². The maximum atomic E-state index is 5.88. The van der Waals surface area contributed by atoms with E-state index in [1.54, 1.807) is 0 Å². The van der Waals surface area contributed by atoms with E-state index in [1.165, 1.54) is 27.7 Å². The van der Waals surface area contributed by atoms with Gasteiger partial charge in [-0.05, 0) is 30.0 Å². The molecule has 0 aliphatic heterocycles. The summed E-state index contributed by atoms with van der Waals surface area (Å²) < 4.78 is 2.31. The summed E-state index contributed by atoms with van der Waals surface area (Å²) in [6.45, 7) is 3.57. The van der Waals surface area contributed by atoms with Gasteiger partial charge in [0, 0.05) is 24.3 Å². The molecule has 1 heterocycles. The van der Waals surface area contributed by atoms with Gasteiger partial charge in [0.15, 0.2) is 0 Å². The zero-order valence-corrected chi connectivity index (χ0v) is 11.1. The minimum absolute atomic E-state index is 0.570. The smallest absolute Gasteiger partial charge is 0.0486 e. The summed E-state index contributed by atoms with van der Waals surface area (Å²) in [6.07, 6.45) is 0. The monoisotopic (exact) mass is 250 g/mol. The average Bonchev–Trinajstić information content (AvgIpc) is 2.77. The van der Waals surface area contributed by atoms with Crippen LogP contribution >= 0.6 is 0 Å². The van der Waals surface area contributed by atoms with Gasteiger partial charge in [0.1, 0.15) is 0 Å². The molecule has 3 aromatic rings. The van der Waals surface area contributed by atoms with Crippen LogP contribution in [-0.4, -0.2) is 4.57 Å². The maximum absolute atomic E-state index is 5.88. The molecule has 2 aromatic carbocycles. The minimum Gasteiger partial charge on any atom is -0.339 e. The number of rotatable bonds is 3. The Morgan fingerprint density at radius 3 is 2.63 bits per heavy atom. The highest BCUT2D eigenvalue weighted by molar-refractivity contribution is 5.81. The van der Waals surface area contributed by atoms with Crippen LogP contribution in [0.3, 0.4) is 0 Å². The van der Waals surface area contributed by atoms with Crippen molar-refractivity contribution >= 4 is 10.9 Å². The van der Waals surface area contributed by atoms with Crippen molar-refractivity contribution in [3.05, 3.63) is 71.4 Å². The second kappa shape index (κ2) is 4.90. The van der Waals surface area contributed by atoms with E-state index in [2.05, 4.69) is 66.1 Å². The molecule has 96 valence electrons. The molecule has 0 amide bonds. The lowest BCUT2D eigenvalue weighted by Gasteiger charge is -2.10. The molecule has 0 atom stereocenters. The Bertz CT molecular complexity index is 710. The van der Waals surface area contributed by atoms with E-state index in [0.717, 1.165) is 6.54 Å². The number of para-hydroxylation sites is 1. The fourth-order valence-electron chi connectivity index (χ4n) is 2.62. The highest BCUT2D eigenvalue weighted by atomic mass is 15.0. The second-order valence-corrected chi connectivity index (χ2v) is 4.97. The molecule has 0 bridgehead atoms. The van der Waals surface area contributed by atoms with E-state index >= 15 is 0 Å². The third-order valence-corrected chi connectivity index (χ3v) is 3.53. The molecular weight excluding hydrogens is 232 g/mol. The predicted octanol–water partition coefficient (Wildman–Crippen LogP) is 3.46. The first kappa shape index (κ1) is 12.0. The summed E-state index contributed by atoms with van der Waals surface area (Å²) in [4.78, 5) is 0. The number of hydrogen-bond donors (Lipinski definition) is 1. The third-order valence-electron chi connectivity index (χ3n) is 3.53. The van der Waals surface area contributed by atoms with E-state index in [0.29, 0.717) is 6.54 Å². The molecule has 19 heavy (non-hydrogen) atoms. The van der Waals surface area contributed by atoms with Gasteiger partial charge in [0.25, 0.3) is 0 Å². The molecule has 0 radical (unpaired) electrons. The molecule has 2 nitrogen and oxygen atoms in total. The van der Waals surface area contributed by atoms with Gasteiger partial charge in [-0.25, -0.2) is 0 Å². The Labute approximate surface area is 113 Å². The van der Waals surface area contributed by atoms with Crippen LogP contribution < -0.4 is 5.73 Å². The van der Waals surface area contributed by atoms with Crippen molar-refractivity contribution in [2.24, 2.45) is 5.73 Å². The molecule has 1 aromatic heterocycles. The van der Waals surface area contributed by atoms with Crippen LogP contribution in [0.5, 0.6) is 0 Å². The van der Waals surface area contributed by atoms with Gasteiger partial charge in [0.2, 0.25) is 0 Å². The van der Waals surface area contributed by atoms with Crippen LogP contribution in [0, 0.1) is 6.92 Å². The lowest BCUT2D eigenvalue weighted by Crippen LogP contribution is -2.08.